The van der Waals surface area contributed by atoms with Crippen molar-refractivity contribution in [2.75, 3.05) is 45.8 Å². The first kappa shape index (κ1) is 27.9. The van der Waals surface area contributed by atoms with E-state index in [2.05, 4.69) is 35.5 Å². The Labute approximate surface area is 221 Å². The fourth-order valence-corrected chi connectivity index (χ4v) is 7.53. The van der Waals surface area contributed by atoms with Crippen LogP contribution in [0, 0.1) is 34.0 Å². The number of hydrogen-bond acceptors (Lipinski definition) is 3. The molecular weight excluding hydrogens is 446 g/mol. The number of carbonyl (C=O) groups is 2. The predicted octanol–water partition coefficient (Wildman–Crippen LogP) is 5.83. The zero-order chi connectivity index (χ0) is 26.1. The molecule has 206 valence electrons. The van der Waals surface area contributed by atoms with Crippen molar-refractivity contribution in [3.05, 3.63) is 0 Å². The molecule has 4 fully saturated rings. The SMILES string of the molecule is CC(C)(C)C(=O)N1CCC2(CCN(CC3CCN(C(=O)C4CCC(C(C)(C)C)CC4)CC3)CC2)CC1. The molecule has 1 aliphatic carbocycles. The summed E-state index contributed by atoms with van der Waals surface area (Å²) in [5.41, 5.74) is 0.579. The third-order valence-corrected chi connectivity index (χ3v) is 10.4. The predicted molar refractivity (Wildman–Crippen MR) is 148 cm³/mol. The van der Waals surface area contributed by atoms with Crippen LogP contribution in [0.4, 0.5) is 0 Å². The van der Waals surface area contributed by atoms with Crippen molar-refractivity contribution in [3.8, 4) is 0 Å². The summed E-state index contributed by atoms with van der Waals surface area (Å²) in [6, 6.07) is 0. The number of amides is 2. The van der Waals surface area contributed by atoms with Gasteiger partial charge in [-0.1, -0.05) is 41.5 Å². The molecule has 0 unspecified atom stereocenters. The summed E-state index contributed by atoms with van der Waals surface area (Å²) in [6.07, 6.45) is 11.9. The van der Waals surface area contributed by atoms with E-state index in [0.717, 1.165) is 50.9 Å². The van der Waals surface area contributed by atoms with E-state index >= 15 is 0 Å². The van der Waals surface area contributed by atoms with E-state index in [4.69, 9.17) is 0 Å². The minimum absolute atomic E-state index is 0.264. The molecule has 3 aliphatic heterocycles. The van der Waals surface area contributed by atoms with Gasteiger partial charge in [0.15, 0.2) is 0 Å². The molecule has 5 nitrogen and oxygen atoms in total. The van der Waals surface area contributed by atoms with E-state index in [1.807, 2.05) is 20.8 Å². The number of rotatable bonds is 3. The summed E-state index contributed by atoms with van der Waals surface area (Å²) in [6.45, 7) is 20.6. The number of likely N-dealkylation sites (tertiary alicyclic amines) is 3. The monoisotopic (exact) mass is 501 g/mol. The highest BCUT2D eigenvalue weighted by Gasteiger charge is 2.41. The van der Waals surface area contributed by atoms with Crippen molar-refractivity contribution in [1.29, 1.82) is 0 Å². The maximum Gasteiger partial charge on any atom is 0.227 e. The molecule has 36 heavy (non-hydrogen) atoms. The van der Waals surface area contributed by atoms with Crippen molar-refractivity contribution in [2.45, 2.75) is 106 Å². The Kier molecular flexibility index (Phi) is 8.49. The Morgan fingerprint density at radius 3 is 1.72 bits per heavy atom. The van der Waals surface area contributed by atoms with Crippen molar-refractivity contribution in [3.63, 3.8) is 0 Å². The van der Waals surface area contributed by atoms with E-state index in [1.54, 1.807) is 0 Å². The van der Waals surface area contributed by atoms with E-state index in [1.165, 1.54) is 71.0 Å². The topological polar surface area (TPSA) is 43.9 Å². The quantitative estimate of drug-likeness (QED) is 0.489. The maximum absolute atomic E-state index is 13.2. The molecule has 3 heterocycles. The first-order valence-electron chi connectivity index (χ1n) is 15.2. The van der Waals surface area contributed by atoms with Crippen LogP contribution in [-0.4, -0.2) is 72.3 Å². The van der Waals surface area contributed by atoms with Crippen LogP contribution in [0.5, 0.6) is 0 Å². The maximum atomic E-state index is 13.2. The van der Waals surface area contributed by atoms with E-state index in [-0.39, 0.29) is 11.3 Å². The lowest BCUT2D eigenvalue weighted by Gasteiger charge is -2.48. The first-order valence-corrected chi connectivity index (χ1v) is 15.2. The molecule has 0 radical (unpaired) electrons. The minimum atomic E-state index is -0.264. The molecule has 0 bridgehead atoms. The molecule has 4 rings (SSSR count). The average Bonchev–Trinajstić information content (AvgIpc) is 2.85. The Morgan fingerprint density at radius 2 is 1.22 bits per heavy atom. The Hall–Kier alpha value is -1.10. The lowest BCUT2D eigenvalue weighted by Crippen LogP contribution is -2.51. The number of carbonyl (C=O) groups excluding carboxylic acids is 2. The molecule has 0 aromatic rings. The Balaban J connectivity index is 1.15. The highest BCUT2D eigenvalue weighted by atomic mass is 16.2. The lowest BCUT2D eigenvalue weighted by molar-refractivity contribution is -0.142. The standard InChI is InChI=1S/C31H55N3O2/c1-29(2,3)26-9-7-25(8-10-26)27(35)33-17-11-24(12-18-33)23-32-19-13-31(14-20-32)15-21-34(22-16-31)28(36)30(4,5)6/h24-26H,7-23H2,1-6H3. The Morgan fingerprint density at radius 1 is 0.694 bits per heavy atom. The highest BCUT2D eigenvalue weighted by molar-refractivity contribution is 5.81. The third-order valence-electron chi connectivity index (χ3n) is 10.4. The second-order valence-electron chi connectivity index (χ2n) is 15.0. The van der Waals surface area contributed by atoms with Crippen molar-refractivity contribution in [2.24, 2.45) is 34.0 Å². The van der Waals surface area contributed by atoms with Crippen LogP contribution in [0.2, 0.25) is 0 Å². The molecule has 4 aliphatic rings. The molecule has 1 spiro atoms. The second kappa shape index (κ2) is 10.9. The van der Waals surface area contributed by atoms with Crippen LogP contribution >= 0.6 is 0 Å². The summed E-state index contributed by atoms with van der Waals surface area (Å²) < 4.78 is 0. The van der Waals surface area contributed by atoms with Crippen LogP contribution in [0.15, 0.2) is 0 Å². The van der Waals surface area contributed by atoms with E-state index in [0.29, 0.717) is 22.6 Å². The fourth-order valence-electron chi connectivity index (χ4n) is 7.53. The highest BCUT2D eigenvalue weighted by Crippen LogP contribution is 2.43. The molecule has 0 aromatic heterocycles. The van der Waals surface area contributed by atoms with Gasteiger partial charge in [0.2, 0.25) is 11.8 Å². The average molecular weight is 502 g/mol. The van der Waals surface area contributed by atoms with Gasteiger partial charge in [-0.3, -0.25) is 9.59 Å². The van der Waals surface area contributed by atoms with Crippen LogP contribution in [0.25, 0.3) is 0 Å². The molecule has 5 heteroatoms. The van der Waals surface area contributed by atoms with Crippen LogP contribution in [-0.2, 0) is 9.59 Å². The number of nitrogens with zero attached hydrogens (tertiary/aromatic N) is 3. The van der Waals surface area contributed by atoms with Gasteiger partial charge in [0, 0.05) is 44.1 Å². The van der Waals surface area contributed by atoms with Gasteiger partial charge in [-0.2, -0.15) is 0 Å². The molecule has 0 N–H and O–H groups in total. The molecular formula is C31H55N3O2. The van der Waals surface area contributed by atoms with Gasteiger partial charge >= 0.3 is 0 Å². The summed E-state index contributed by atoms with van der Waals surface area (Å²) in [5, 5.41) is 0. The van der Waals surface area contributed by atoms with Gasteiger partial charge in [-0.05, 0) is 100.0 Å². The summed E-state index contributed by atoms with van der Waals surface area (Å²) in [7, 11) is 0. The van der Waals surface area contributed by atoms with Gasteiger partial charge in [0.1, 0.15) is 0 Å². The molecule has 2 amide bonds. The van der Waals surface area contributed by atoms with Gasteiger partial charge in [0.25, 0.3) is 0 Å². The van der Waals surface area contributed by atoms with Crippen molar-refractivity contribution < 1.29 is 9.59 Å². The number of hydrogen-bond donors (Lipinski definition) is 0. The van der Waals surface area contributed by atoms with Gasteiger partial charge < -0.3 is 14.7 Å². The summed E-state index contributed by atoms with van der Waals surface area (Å²) in [5.74, 6) is 2.57. The molecule has 0 aromatic carbocycles. The molecule has 0 atom stereocenters. The zero-order valence-corrected chi connectivity index (χ0v) is 24.4. The zero-order valence-electron chi connectivity index (χ0n) is 24.4. The number of piperidine rings is 3. The third kappa shape index (κ3) is 6.66. The smallest absolute Gasteiger partial charge is 0.227 e. The summed E-state index contributed by atoms with van der Waals surface area (Å²) in [4.78, 5) is 32.9. The largest absolute Gasteiger partial charge is 0.342 e. The van der Waals surface area contributed by atoms with Crippen LogP contribution < -0.4 is 0 Å². The normalized spacial score (nSPS) is 28.9. The van der Waals surface area contributed by atoms with Gasteiger partial charge in [-0.25, -0.2) is 0 Å². The van der Waals surface area contributed by atoms with Crippen LogP contribution in [0.1, 0.15) is 106 Å². The van der Waals surface area contributed by atoms with Crippen LogP contribution in [0.3, 0.4) is 0 Å². The second-order valence-corrected chi connectivity index (χ2v) is 15.0. The van der Waals surface area contributed by atoms with E-state index in [9.17, 15) is 9.59 Å². The fraction of sp³-hybridized carbons (Fsp3) is 0.935. The molecule has 3 saturated heterocycles. The molecule has 1 saturated carbocycles. The van der Waals surface area contributed by atoms with Crippen molar-refractivity contribution >= 4 is 11.8 Å². The summed E-state index contributed by atoms with van der Waals surface area (Å²) >= 11 is 0. The van der Waals surface area contributed by atoms with Gasteiger partial charge in [0.05, 0.1) is 0 Å². The lowest BCUT2D eigenvalue weighted by atomic mass is 9.69. The first-order chi connectivity index (χ1) is 16.9. The Bertz CT molecular complexity index is 746. The minimum Gasteiger partial charge on any atom is -0.342 e. The van der Waals surface area contributed by atoms with E-state index < -0.39 is 0 Å². The van der Waals surface area contributed by atoms with Gasteiger partial charge in [-0.15, -0.1) is 0 Å². The van der Waals surface area contributed by atoms with Crippen molar-refractivity contribution in [1.82, 2.24) is 14.7 Å².